The summed E-state index contributed by atoms with van der Waals surface area (Å²) in [4.78, 5) is 8.78. The largest absolute Gasteiger partial charge is 0.416 e. The van der Waals surface area contributed by atoms with Crippen molar-refractivity contribution in [1.82, 2.24) is 9.97 Å². The van der Waals surface area contributed by atoms with Crippen molar-refractivity contribution in [1.29, 1.82) is 0 Å². The van der Waals surface area contributed by atoms with Crippen LogP contribution < -0.4 is 10.6 Å². The minimum absolute atomic E-state index is 0.154. The summed E-state index contributed by atoms with van der Waals surface area (Å²) in [6.07, 6.45) is -1.07. The quantitative estimate of drug-likeness (QED) is 0.339. The molecule has 0 unspecified atom stereocenters. The van der Waals surface area contributed by atoms with Crippen LogP contribution in [0.1, 0.15) is 5.56 Å². The van der Waals surface area contributed by atoms with E-state index in [4.69, 9.17) is 12.2 Å². The van der Waals surface area contributed by atoms with E-state index in [-0.39, 0.29) is 10.8 Å². The lowest BCUT2D eigenvalue weighted by molar-refractivity contribution is -0.137. The minimum Gasteiger partial charge on any atom is -0.332 e. The molecule has 0 aliphatic rings. The molecule has 2 N–H and O–H groups in total. The topological polar surface area (TPSA) is 49.8 Å². The van der Waals surface area contributed by atoms with Crippen LogP contribution in [0.5, 0.6) is 0 Å². The van der Waals surface area contributed by atoms with Gasteiger partial charge in [-0.25, -0.2) is 0 Å². The molecule has 0 radical (unpaired) electrons. The second-order valence-electron chi connectivity index (χ2n) is 6.05. The minimum atomic E-state index is -4.42. The molecule has 4 nitrogen and oxygen atoms in total. The van der Waals surface area contributed by atoms with Crippen molar-refractivity contribution in [3.8, 4) is 0 Å². The van der Waals surface area contributed by atoms with Gasteiger partial charge >= 0.3 is 6.18 Å². The fourth-order valence-electron chi connectivity index (χ4n) is 2.96. The highest BCUT2D eigenvalue weighted by molar-refractivity contribution is 7.80. The number of benzene rings is 2. The number of aromatic nitrogens is 2. The van der Waals surface area contributed by atoms with Crippen LogP contribution in [0.25, 0.3) is 21.8 Å². The zero-order valence-corrected chi connectivity index (χ0v) is 15.1. The van der Waals surface area contributed by atoms with E-state index in [0.29, 0.717) is 11.2 Å². The fraction of sp³-hybridized carbons (Fsp3) is 0.0500. The smallest absolute Gasteiger partial charge is 0.332 e. The molecule has 0 amide bonds. The van der Waals surface area contributed by atoms with Crippen LogP contribution in [0.15, 0.2) is 67.0 Å². The van der Waals surface area contributed by atoms with Crippen LogP contribution in [0, 0.1) is 0 Å². The van der Waals surface area contributed by atoms with E-state index < -0.39 is 11.7 Å². The summed E-state index contributed by atoms with van der Waals surface area (Å²) in [6.45, 7) is 0. The number of anilines is 2. The molecule has 4 aromatic rings. The van der Waals surface area contributed by atoms with E-state index in [1.165, 1.54) is 12.1 Å². The summed E-state index contributed by atoms with van der Waals surface area (Å²) in [5.41, 5.74) is 1.56. The molecule has 2 aromatic carbocycles. The Morgan fingerprint density at radius 1 is 0.857 bits per heavy atom. The van der Waals surface area contributed by atoms with Crippen molar-refractivity contribution in [2.24, 2.45) is 0 Å². The number of rotatable bonds is 2. The lowest BCUT2D eigenvalue weighted by atomic mass is 10.1. The van der Waals surface area contributed by atoms with Gasteiger partial charge in [0.2, 0.25) is 0 Å². The van der Waals surface area contributed by atoms with Gasteiger partial charge in [0.25, 0.3) is 0 Å². The summed E-state index contributed by atoms with van der Waals surface area (Å²) in [5.74, 6) is 0. The van der Waals surface area contributed by atoms with E-state index in [1.54, 1.807) is 12.4 Å². The standard InChI is InChI=1S/C20H13F3N4S/c21-20(22,23)12-4-1-5-13(10-12)26-19(28)27-17-11-16-14(6-2-8-24-16)15-7-3-9-25-18(15)17/h1-11H,(H2,26,27,28). The van der Waals surface area contributed by atoms with Gasteiger partial charge in [-0.2, -0.15) is 13.2 Å². The molecule has 2 heterocycles. The zero-order valence-electron chi connectivity index (χ0n) is 14.3. The molecule has 4 rings (SSSR count). The normalized spacial score (nSPS) is 11.5. The molecular formula is C20H13F3N4S. The van der Waals surface area contributed by atoms with Crippen LogP contribution in [-0.2, 0) is 6.18 Å². The first kappa shape index (κ1) is 18.1. The van der Waals surface area contributed by atoms with E-state index in [0.717, 1.165) is 28.4 Å². The molecule has 0 saturated carbocycles. The van der Waals surface area contributed by atoms with Gasteiger partial charge in [-0.3, -0.25) is 9.97 Å². The third-order valence-electron chi connectivity index (χ3n) is 4.17. The van der Waals surface area contributed by atoms with Gasteiger partial charge in [0.15, 0.2) is 5.11 Å². The predicted octanol–water partition coefficient (Wildman–Crippen LogP) is 5.61. The van der Waals surface area contributed by atoms with Crippen LogP contribution in [-0.4, -0.2) is 15.1 Å². The highest BCUT2D eigenvalue weighted by atomic mass is 32.1. The number of nitrogens with zero attached hydrogens (tertiary/aromatic N) is 2. The Balaban J connectivity index is 1.65. The number of halogens is 3. The molecule has 0 saturated heterocycles. The molecule has 0 bridgehead atoms. The van der Waals surface area contributed by atoms with Crippen molar-refractivity contribution in [3.05, 3.63) is 72.6 Å². The Kier molecular flexibility index (Phi) is 4.56. The Bertz CT molecular complexity index is 1190. The molecule has 28 heavy (non-hydrogen) atoms. The number of nitrogens with one attached hydrogen (secondary N) is 2. The summed E-state index contributed by atoms with van der Waals surface area (Å²) in [6, 6.07) is 14.2. The molecule has 2 aromatic heterocycles. The number of fused-ring (bicyclic) bond motifs is 3. The van der Waals surface area contributed by atoms with Gasteiger partial charge < -0.3 is 10.6 Å². The van der Waals surface area contributed by atoms with Gasteiger partial charge in [0.05, 0.1) is 22.3 Å². The van der Waals surface area contributed by atoms with E-state index in [2.05, 4.69) is 20.6 Å². The van der Waals surface area contributed by atoms with E-state index in [1.807, 2.05) is 30.3 Å². The highest BCUT2D eigenvalue weighted by Crippen LogP contribution is 2.31. The molecule has 0 aliphatic heterocycles. The molecule has 8 heteroatoms. The van der Waals surface area contributed by atoms with Crippen molar-refractivity contribution in [3.63, 3.8) is 0 Å². The third-order valence-corrected chi connectivity index (χ3v) is 4.37. The van der Waals surface area contributed by atoms with Gasteiger partial charge in [-0.15, -0.1) is 0 Å². The summed E-state index contributed by atoms with van der Waals surface area (Å²) >= 11 is 5.29. The average molecular weight is 398 g/mol. The third kappa shape index (κ3) is 3.59. The molecule has 0 fully saturated rings. The van der Waals surface area contributed by atoms with E-state index >= 15 is 0 Å². The summed E-state index contributed by atoms with van der Waals surface area (Å²) in [7, 11) is 0. The van der Waals surface area contributed by atoms with Crippen LogP contribution >= 0.6 is 12.2 Å². The maximum atomic E-state index is 12.9. The van der Waals surface area contributed by atoms with Gasteiger partial charge in [0.1, 0.15) is 0 Å². The van der Waals surface area contributed by atoms with E-state index in [9.17, 15) is 13.2 Å². The number of pyridine rings is 2. The number of thiocarbonyl (C=S) groups is 1. The van der Waals surface area contributed by atoms with Gasteiger partial charge in [-0.05, 0) is 48.6 Å². The lowest BCUT2D eigenvalue weighted by Gasteiger charge is -2.14. The van der Waals surface area contributed by atoms with Crippen molar-refractivity contribution < 1.29 is 13.2 Å². The average Bonchev–Trinajstić information content (AvgIpc) is 2.68. The Morgan fingerprint density at radius 2 is 1.61 bits per heavy atom. The van der Waals surface area contributed by atoms with Gasteiger partial charge in [0, 0.05) is 28.9 Å². The Morgan fingerprint density at radius 3 is 2.39 bits per heavy atom. The Hall–Kier alpha value is -3.26. The van der Waals surface area contributed by atoms with Crippen LogP contribution in [0.4, 0.5) is 24.5 Å². The predicted molar refractivity (Wildman–Crippen MR) is 108 cm³/mol. The Labute approximate surface area is 163 Å². The molecule has 0 spiro atoms. The lowest BCUT2D eigenvalue weighted by Crippen LogP contribution is -2.20. The first-order chi connectivity index (χ1) is 13.4. The second kappa shape index (κ2) is 7.05. The zero-order chi connectivity index (χ0) is 19.7. The first-order valence-corrected chi connectivity index (χ1v) is 8.70. The van der Waals surface area contributed by atoms with Gasteiger partial charge in [-0.1, -0.05) is 18.2 Å². The van der Waals surface area contributed by atoms with Crippen molar-refractivity contribution >= 4 is 50.5 Å². The highest BCUT2D eigenvalue weighted by Gasteiger charge is 2.30. The molecule has 140 valence electrons. The molecule has 0 atom stereocenters. The van der Waals surface area contributed by atoms with Crippen molar-refractivity contribution in [2.45, 2.75) is 6.18 Å². The maximum absolute atomic E-state index is 12.9. The summed E-state index contributed by atoms with van der Waals surface area (Å²) < 4.78 is 38.7. The second-order valence-corrected chi connectivity index (χ2v) is 6.46. The fourth-order valence-corrected chi connectivity index (χ4v) is 3.18. The number of hydrogen-bond donors (Lipinski definition) is 2. The molecule has 0 aliphatic carbocycles. The monoisotopic (exact) mass is 398 g/mol. The van der Waals surface area contributed by atoms with Crippen LogP contribution in [0.3, 0.4) is 0 Å². The SMILES string of the molecule is FC(F)(F)c1cccc(NC(=S)Nc2cc3ncccc3c3cccnc23)c1. The van der Waals surface area contributed by atoms with Crippen molar-refractivity contribution in [2.75, 3.05) is 10.6 Å². The summed E-state index contributed by atoms with van der Waals surface area (Å²) in [5, 5.41) is 7.81. The number of hydrogen-bond acceptors (Lipinski definition) is 3. The maximum Gasteiger partial charge on any atom is 0.416 e. The number of alkyl halides is 3. The first-order valence-electron chi connectivity index (χ1n) is 8.29. The van der Waals surface area contributed by atoms with Crippen LogP contribution in [0.2, 0.25) is 0 Å². The molecular weight excluding hydrogens is 385 g/mol.